The molecule has 0 saturated heterocycles. The number of nitrogens with one attached hydrogen (secondary N) is 1. The molecule has 0 saturated carbocycles. The molecule has 0 spiro atoms. The Kier molecular flexibility index (Phi) is 4.35. The highest BCUT2D eigenvalue weighted by Crippen LogP contribution is 2.28. The van der Waals surface area contributed by atoms with E-state index in [-0.39, 0.29) is 0 Å². The van der Waals surface area contributed by atoms with Crippen molar-refractivity contribution in [1.82, 2.24) is 5.32 Å². The third-order valence-corrected chi connectivity index (χ3v) is 3.96. The van der Waals surface area contributed by atoms with Crippen molar-refractivity contribution >= 4 is 11.3 Å². The SMILES string of the molecule is CCNCc1ccc(-c2cccc(CC)c2)s1. The minimum absolute atomic E-state index is 0.981. The first-order valence-corrected chi connectivity index (χ1v) is 7.04. The van der Waals surface area contributed by atoms with Gasteiger partial charge in [0, 0.05) is 16.3 Å². The van der Waals surface area contributed by atoms with Gasteiger partial charge < -0.3 is 5.32 Å². The molecule has 0 fully saturated rings. The highest BCUT2D eigenvalue weighted by molar-refractivity contribution is 7.15. The van der Waals surface area contributed by atoms with Gasteiger partial charge in [0.25, 0.3) is 0 Å². The molecule has 0 unspecified atom stereocenters. The van der Waals surface area contributed by atoms with E-state index < -0.39 is 0 Å². The molecule has 0 aliphatic carbocycles. The predicted octanol–water partition coefficient (Wildman–Crippen LogP) is 4.09. The van der Waals surface area contributed by atoms with Crippen LogP contribution in [0.5, 0.6) is 0 Å². The molecule has 90 valence electrons. The highest BCUT2D eigenvalue weighted by Gasteiger charge is 2.03. The summed E-state index contributed by atoms with van der Waals surface area (Å²) in [4.78, 5) is 2.77. The third kappa shape index (κ3) is 3.18. The summed E-state index contributed by atoms with van der Waals surface area (Å²) in [6.07, 6.45) is 1.10. The molecule has 2 heteroatoms. The van der Waals surface area contributed by atoms with E-state index in [1.165, 1.54) is 20.9 Å². The molecule has 1 heterocycles. The number of aryl methyl sites for hydroxylation is 1. The fraction of sp³-hybridized carbons (Fsp3) is 0.333. The number of rotatable bonds is 5. The summed E-state index contributed by atoms with van der Waals surface area (Å²) in [6.45, 7) is 6.34. The van der Waals surface area contributed by atoms with E-state index in [0.717, 1.165) is 19.5 Å². The molecule has 1 N–H and O–H groups in total. The lowest BCUT2D eigenvalue weighted by molar-refractivity contribution is 0.735. The van der Waals surface area contributed by atoms with E-state index in [0.29, 0.717) is 0 Å². The lowest BCUT2D eigenvalue weighted by Gasteiger charge is -2.01. The van der Waals surface area contributed by atoms with Crippen LogP contribution in [0, 0.1) is 0 Å². The molecule has 0 aliphatic rings. The molecular weight excluding hydrogens is 226 g/mol. The maximum absolute atomic E-state index is 3.36. The second-order valence-corrected chi connectivity index (χ2v) is 5.27. The number of hydrogen-bond acceptors (Lipinski definition) is 2. The van der Waals surface area contributed by atoms with Gasteiger partial charge in [-0.15, -0.1) is 11.3 Å². The average Bonchev–Trinajstić information content (AvgIpc) is 2.85. The molecule has 1 nitrogen and oxygen atoms in total. The zero-order valence-corrected chi connectivity index (χ0v) is 11.3. The van der Waals surface area contributed by atoms with E-state index in [4.69, 9.17) is 0 Å². The van der Waals surface area contributed by atoms with Crippen LogP contribution in [0.1, 0.15) is 24.3 Å². The van der Waals surface area contributed by atoms with E-state index in [2.05, 4.69) is 55.6 Å². The van der Waals surface area contributed by atoms with E-state index in [1.807, 2.05) is 11.3 Å². The fourth-order valence-corrected chi connectivity index (χ4v) is 2.79. The lowest BCUT2D eigenvalue weighted by atomic mass is 10.1. The summed E-state index contributed by atoms with van der Waals surface area (Å²) >= 11 is 1.88. The van der Waals surface area contributed by atoms with Crippen LogP contribution >= 0.6 is 11.3 Å². The molecule has 0 aliphatic heterocycles. The van der Waals surface area contributed by atoms with Gasteiger partial charge in [0.05, 0.1) is 0 Å². The third-order valence-electron chi connectivity index (χ3n) is 2.83. The molecule has 0 bridgehead atoms. The second-order valence-electron chi connectivity index (χ2n) is 4.10. The smallest absolute Gasteiger partial charge is 0.0346 e. The van der Waals surface area contributed by atoms with Crippen molar-refractivity contribution in [2.45, 2.75) is 26.8 Å². The van der Waals surface area contributed by atoms with Crippen molar-refractivity contribution in [3.05, 3.63) is 46.8 Å². The van der Waals surface area contributed by atoms with Gasteiger partial charge in [-0.2, -0.15) is 0 Å². The van der Waals surface area contributed by atoms with Gasteiger partial charge in [0.15, 0.2) is 0 Å². The Balaban J connectivity index is 2.18. The van der Waals surface area contributed by atoms with Gasteiger partial charge >= 0.3 is 0 Å². The molecule has 0 atom stereocenters. The summed E-state index contributed by atoms with van der Waals surface area (Å²) in [5.41, 5.74) is 2.75. The first kappa shape index (κ1) is 12.3. The van der Waals surface area contributed by atoms with Crippen molar-refractivity contribution in [2.24, 2.45) is 0 Å². The Hall–Kier alpha value is -1.12. The molecule has 0 radical (unpaired) electrons. The van der Waals surface area contributed by atoms with Crippen LogP contribution in [0.15, 0.2) is 36.4 Å². The number of hydrogen-bond donors (Lipinski definition) is 1. The fourth-order valence-electron chi connectivity index (χ4n) is 1.82. The van der Waals surface area contributed by atoms with Crippen LogP contribution in [0.2, 0.25) is 0 Å². The Morgan fingerprint density at radius 2 is 2.00 bits per heavy atom. The van der Waals surface area contributed by atoms with Gasteiger partial charge in [-0.25, -0.2) is 0 Å². The van der Waals surface area contributed by atoms with Crippen LogP contribution in [-0.2, 0) is 13.0 Å². The van der Waals surface area contributed by atoms with Crippen molar-refractivity contribution in [3.63, 3.8) is 0 Å². The number of thiophene rings is 1. The normalized spacial score (nSPS) is 10.7. The highest BCUT2D eigenvalue weighted by atomic mass is 32.1. The maximum atomic E-state index is 3.36. The lowest BCUT2D eigenvalue weighted by Crippen LogP contribution is -2.10. The topological polar surface area (TPSA) is 12.0 Å². The Morgan fingerprint density at radius 1 is 1.12 bits per heavy atom. The zero-order chi connectivity index (χ0) is 12.1. The van der Waals surface area contributed by atoms with Crippen LogP contribution < -0.4 is 5.32 Å². The molecule has 1 aromatic carbocycles. The minimum Gasteiger partial charge on any atom is -0.312 e. The van der Waals surface area contributed by atoms with Crippen LogP contribution in [0.4, 0.5) is 0 Å². The molecule has 2 aromatic rings. The van der Waals surface area contributed by atoms with E-state index >= 15 is 0 Å². The van der Waals surface area contributed by atoms with Crippen LogP contribution in [0.3, 0.4) is 0 Å². The summed E-state index contributed by atoms with van der Waals surface area (Å²) in [6, 6.07) is 13.3. The second kappa shape index (κ2) is 5.99. The summed E-state index contributed by atoms with van der Waals surface area (Å²) < 4.78 is 0. The van der Waals surface area contributed by atoms with Crippen molar-refractivity contribution < 1.29 is 0 Å². The summed E-state index contributed by atoms with van der Waals surface area (Å²) in [7, 11) is 0. The average molecular weight is 245 g/mol. The van der Waals surface area contributed by atoms with Gasteiger partial charge in [-0.1, -0.05) is 38.1 Å². The van der Waals surface area contributed by atoms with Crippen molar-refractivity contribution in [1.29, 1.82) is 0 Å². The Labute approximate surface area is 108 Å². The maximum Gasteiger partial charge on any atom is 0.0346 e. The monoisotopic (exact) mass is 245 g/mol. The molecule has 1 aromatic heterocycles. The molecular formula is C15H19NS. The largest absolute Gasteiger partial charge is 0.312 e. The minimum atomic E-state index is 0.981. The summed E-state index contributed by atoms with van der Waals surface area (Å²) in [5, 5.41) is 3.36. The van der Waals surface area contributed by atoms with Crippen molar-refractivity contribution in [3.8, 4) is 10.4 Å². The van der Waals surface area contributed by atoms with Gasteiger partial charge in [-0.05, 0) is 36.2 Å². The van der Waals surface area contributed by atoms with E-state index in [9.17, 15) is 0 Å². The molecule has 17 heavy (non-hydrogen) atoms. The molecule has 0 amide bonds. The van der Waals surface area contributed by atoms with Crippen molar-refractivity contribution in [2.75, 3.05) is 6.54 Å². The first-order chi connectivity index (χ1) is 8.33. The van der Waals surface area contributed by atoms with E-state index in [1.54, 1.807) is 0 Å². The standard InChI is InChI=1S/C15H19NS/c1-3-12-6-5-7-13(10-12)15-9-8-14(17-15)11-16-4-2/h5-10,16H,3-4,11H2,1-2H3. The van der Waals surface area contributed by atoms with Gasteiger partial charge in [0.1, 0.15) is 0 Å². The van der Waals surface area contributed by atoms with Crippen LogP contribution in [-0.4, -0.2) is 6.54 Å². The Morgan fingerprint density at radius 3 is 2.76 bits per heavy atom. The van der Waals surface area contributed by atoms with Gasteiger partial charge in [0.2, 0.25) is 0 Å². The quantitative estimate of drug-likeness (QED) is 0.836. The molecule has 2 rings (SSSR count). The van der Waals surface area contributed by atoms with Gasteiger partial charge in [-0.3, -0.25) is 0 Å². The Bertz CT molecular complexity index is 473. The zero-order valence-electron chi connectivity index (χ0n) is 10.5. The van der Waals surface area contributed by atoms with Crippen LogP contribution in [0.25, 0.3) is 10.4 Å². The predicted molar refractivity (Wildman–Crippen MR) is 76.5 cm³/mol. The summed E-state index contributed by atoms with van der Waals surface area (Å²) in [5.74, 6) is 0. The number of benzene rings is 1. The first-order valence-electron chi connectivity index (χ1n) is 6.22.